The number of carbonyl (C=O) groups is 1. The molecule has 6 nitrogen and oxygen atoms in total. The quantitative estimate of drug-likeness (QED) is 0.227. The first-order valence-electron chi connectivity index (χ1n) is 16.0. The molecule has 2 saturated carbocycles. The SMILES string of the molecule is COc1ccc2c(c1)OC(C1CCCCC1)=CC2=CC1=C(O)C(=Cc2cc(C3CCCCC3)[o+]c3cc(OC)ccc23)C1=O. The van der Waals surface area contributed by atoms with Gasteiger partial charge in [-0.3, -0.25) is 4.79 Å². The van der Waals surface area contributed by atoms with Gasteiger partial charge in [0.2, 0.25) is 5.78 Å². The van der Waals surface area contributed by atoms with Crippen LogP contribution in [0.4, 0.5) is 0 Å². The van der Waals surface area contributed by atoms with Crippen molar-refractivity contribution in [2.24, 2.45) is 5.92 Å². The minimum atomic E-state index is -0.175. The molecule has 0 radical (unpaired) electrons. The van der Waals surface area contributed by atoms with E-state index < -0.39 is 0 Å². The van der Waals surface area contributed by atoms with Gasteiger partial charge in [0.05, 0.1) is 42.7 Å². The van der Waals surface area contributed by atoms with Crippen LogP contribution in [0.25, 0.3) is 22.6 Å². The van der Waals surface area contributed by atoms with E-state index in [1.165, 1.54) is 38.5 Å². The minimum Gasteiger partial charge on any atom is -0.506 e. The molecule has 0 bridgehead atoms. The van der Waals surface area contributed by atoms with Crippen molar-refractivity contribution in [3.63, 3.8) is 0 Å². The van der Waals surface area contributed by atoms with Crippen LogP contribution in [0.3, 0.4) is 0 Å². The molecule has 2 heterocycles. The number of Topliss-reactive ketones (excluding diaryl/α,β-unsaturated/α-hetero) is 1. The van der Waals surface area contributed by atoms with E-state index in [-0.39, 0.29) is 11.5 Å². The average molecular weight is 592 g/mol. The third-order valence-electron chi connectivity index (χ3n) is 9.66. The van der Waals surface area contributed by atoms with Gasteiger partial charge in [-0.2, -0.15) is 0 Å². The molecule has 0 saturated heterocycles. The van der Waals surface area contributed by atoms with Crippen molar-refractivity contribution >= 4 is 28.4 Å². The van der Waals surface area contributed by atoms with E-state index in [2.05, 4.69) is 12.1 Å². The van der Waals surface area contributed by atoms with Crippen LogP contribution in [0, 0.1) is 5.92 Å². The summed E-state index contributed by atoms with van der Waals surface area (Å²) in [6.45, 7) is 0. The number of carbonyl (C=O) groups excluding carboxylic acids is 1. The Bertz CT molecular complexity index is 1740. The first kappa shape index (κ1) is 28.5. The van der Waals surface area contributed by atoms with E-state index in [0.717, 1.165) is 59.3 Å². The zero-order chi connectivity index (χ0) is 30.2. The van der Waals surface area contributed by atoms with E-state index in [1.54, 1.807) is 14.2 Å². The zero-order valence-electron chi connectivity index (χ0n) is 25.5. The Hall–Kier alpha value is -4.32. The summed E-state index contributed by atoms with van der Waals surface area (Å²) >= 11 is 0. The smallest absolute Gasteiger partial charge is 0.364 e. The number of aliphatic hydroxyl groups is 1. The highest BCUT2D eigenvalue weighted by atomic mass is 16.5. The maximum absolute atomic E-state index is 13.6. The summed E-state index contributed by atoms with van der Waals surface area (Å²) in [7, 11) is 3.28. The van der Waals surface area contributed by atoms with Crippen molar-refractivity contribution in [3.05, 3.63) is 94.2 Å². The number of rotatable bonds is 6. The number of methoxy groups -OCH3 is 2. The van der Waals surface area contributed by atoms with Crippen LogP contribution in [-0.2, 0) is 4.79 Å². The summed E-state index contributed by atoms with van der Waals surface area (Å²) in [5.41, 5.74) is 3.93. The number of ketones is 1. The molecule has 7 rings (SSSR count). The molecular weight excluding hydrogens is 552 g/mol. The molecular formula is C38H39O6+. The molecule has 44 heavy (non-hydrogen) atoms. The van der Waals surface area contributed by atoms with E-state index in [0.29, 0.717) is 45.8 Å². The summed E-state index contributed by atoms with van der Waals surface area (Å²) in [5.74, 6) is 4.51. The maximum atomic E-state index is 13.6. The molecule has 2 aromatic carbocycles. The van der Waals surface area contributed by atoms with Crippen molar-refractivity contribution in [2.45, 2.75) is 70.1 Å². The van der Waals surface area contributed by atoms with Gasteiger partial charge >= 0.3 is 11.3 Å². The molecule has 1 aliphatic heterocycles. The Kier molecular flexibility index (Phi) is 7.75. The van der Waals surface area contributed by atoms with Gasteiger partial charge in [-0.1, -0.05) is 38.5 Å². The van der Waals surface area contributed by atoms with E-state index in [4.69, 9.17) is 18.6 Å². The molecule has 4 aliphatic rings. The highest BCUT2D eigenvalue weighted by molar-refractivity contribution is 6.24. The molecule has 3 aliphatic carbocycles. The highest BCUT2D eigenvalue weighted by Crippen LogP contribution is 2.44. The third kappa shape index (κ3) is 5.31. The standard InChI is InChI=1S/C38H38O6/c1-41-27-13-15-29-25(19-33(43-35(29)21-27)23-9-5-3-6-10-23)17-31-37(39)32(38(31)40)18-26-20-34(24-11-7-4-8-12-24)44-36-22-28(42-2)14-16-30(26)36/h13-24H,3-12H2,1-2H3/p+1. The second-order valence-electron chi connectivity index (χ2n) is 12.4. The molecule has 1 N–H and O–H groups in total. The van der Waals surface area contributed by atoms with Crippen LogP contribution in [0.15, 0.2) is 81.7 Å². The predicted molar refractivity (Wildman–Crippen MR) is 172 cm³/mol. The van der Waals surface area contributed by atoms with Crippen molar-refractivity contribution in [2.75, 3.05) is 14.2 Å². The van der Waals surface area contributed by atoms with Crippen molar-refractivity contribution in [1.82, 2.24) is 0 Å². The molecule has 1 aromatic heterocycles. The zero-order valence-corrected chi connectivity index (χ0v) is 25.5. The van der Waals surface area contributed by atoms with Gasteiger partial charge < -0.3 is 19.3 Å². The maximum Gasteiger partial charge on any atom is 0.364 e. The predicted octanol–water partition coefficient (Wildman–Crippen LogP) is 9.50. The Balaban J connectivity index is 1.28. The Morgan fingerprint density at radius 3 is 2.23 bits per heavy atom. The fourth-order valence-corrected chi connectivity index (χ4v) is 7.12. The lowest BCUT2D eigenvalue weighted by Gasteiger charge is -2.29. The van der Waals surface area contributed by atoms with Crippen LogP contribution in [0.2, 0.25) is 0 Å². The summed E-state index contributed by atoms with van der Waals surface area (Å²) in [4.78, 5) is 13.6. The summed E-state index contributed by atoms with van der Waals surface area (Å²) in [6.07, 6.45) is 17.3. The molecule has 0 unspecified atom stereocenters. The fourth-order valence-electron chi connectivity index (χ4n) is 7.12. The number of hydrogen-bond donors (Lipinski definition) is 1. The van der Waals surface area contributed by atoms with E-state index in [9.17, 15) is 9.90 Å². The van der Waals surface area contributed by atoms with Gasteiger partial charge in [0, 0.05) is 29.2 Å². The van der Waals surface area contributed by atoms with Gasteiger partial charge in [-0.15, -0.1) is 0 Å². The van der Waals surface area contributed by atoms with Crippen LogP contribution < -0.4 is 14.2 Å². The van der Waals surface area contributed by atoms with Crippen LogP contribution in [0.5, 0.6) is 17.2 Å². The third-order valence-corrected chi connectivity index (χ3v) is 9.66. The van der Waals surface area contributed by atoms with Gasteiger partial charge in [0.25, 0.3) is 0 Å². The Labute approximate surface area is 258 Å². The molecule has 0 amide bonds. The second kappa shape index (κ2) is 12.0. The molecule has 226 valence electrons. The number of benzene rings is 2. The van der Waals surface area contributed by atoms with Crippen LogP contribution >= 0.6 is 0 Å². The van der Waals surface area contributed by atoms with Crippen molar-refractivity contribution < 1.29 is 28.5 Å². The lowest BCUT2D eigenvalue weighted by atomic mass is 9.82. The Morgan fingerprint density at radius 2 is 1.52 bits per heavy atom. The topological polar surface area (TPSA) is 76.3 Å². The second-order valence-corrected chi connectivity index (χ2v) is 12.4. The highest BCUT2D eigenvalue weighted by Gasteiger charge is 2.35. The van der Waals surface area contributed by atoms with Gasteiger partial charge in [-0.05, 0) is 73.7 Å². The molecule has 3 aromatic rings. The van der Waals surface area contributed by atoms with Gasteiger partial charge in [0.15, 0.2) is 0 Å². The van der Waals surface area contributed by atoms with Gasteiger partial charge in [-0.25, -0.2) is 4.42 Å². The number of aliphatic hydroxyl groups excluding tert-OH is 1. The first-order valence-corrected chi connectivity index (χ1v) is 16.0. The molecule has 6 heteroatoms. The monoisotopic (exact) mass is 591 g/mol. The van der Waals surface area contributed by atoms with Crippen LogP contribution in [0.1, 0.15) is 87.0 Å². The lowest BCUT2D eigenvalue weighted by Crippen LogP contribution is -2.21. The number of fused-ring (bicyclic) bond motifs is 2. The summed E-state index contributed by atoms with van der Waals surface area (Å²) < 4.78 is 23.7. The normalized spacial score (nSPS) is 21.2. The number of ether oxygens (including phenoxy) is 3. The Morgan fingerprint density at radius 1 is 0.841 bits per heavy atom. The van der Waals surface area contributed by atoms with Crippen molar-refractivity contribution in [3.8, 4) is 17.2 Å². The lowest BCUT2D eigenvalue weighted by molar-refractivity contribution is -0.113. The van der Waals surface area contributed by atoms with Crippen LogP contribution in [-0.4, -0.2) is 25.1 Å². The van der Waals surface area contributed by atoms with E-state index in [1.807, 2.05) is 48.6 Å². The van der Waals surface area contributed by atoms with Gasteiger partial charge in [0.1, 0.15) is 28.8 Å². The number of hydrogen-bond acceptors (Lipinski definition) is 5. The molecule has 2 fully saturated rings. The minimum absolute atomic E-state index is 0.0124. The fraction of sp³-hybridized carbons (Fsp3) is 0.368. The number of allylic oxidation sites excluding steroid dienone is 6. The average Bonchev–Trinajstić information content (AvgIpc) is 3.09. The van der Waals surface area contributed by atoms with E-state index >= 15 is 0 Å². The van der Waals surface area contributed by atoms with Crippen molar-refractivity contribution in [1.29, 1.82) is 0 Å². The summed E-state index contributed by atoms with van der Waals surface area (Å²) in [5, 5.41) is 12.2. The summed E-state index contributed by atoms with van der Waals surface area (Å²) in [6, 6.07) is 13.5. The largest absolute Gasteiger partial charge is 0.506 e. The molecule has 0 atom stereocenters. The molecule has 0 spiro atoms. The first-order chi connectivity index (χ1) is 21.5.